The van der Waals surface area contributed by atoms with Crippen molar-refractivity contribution >= 4 is 5.97 Å². The summed E-state index contributed by atoms with van der Waals surface area (Å²) >= 11 is 0. The van der Waals surface area contributed by atoms with Crippen LogP contribution in [-0.2, 0) is 17.8 Å². The number of cyclic esters (lactones) is 1. The minimum Gasteiger partial charge on any atom is -0.496 e. The van der Waals surface area contributed by atoms with E-state index in [1.165, 1.54) is 12.7 Å². The van der Waals surface area contributed by atoms with E-state index in [1.54, 1.807) is 0 Å². The number of fused-ring (bicyclic) bond motifs is 1. The quantitative estimate of drug-likeness (QED) is 0.605. The first kappa shape index (κ1) is 15.5. The molecule has 0 spiro atoms. The van der Waals surface area contributed by atoms with E-state index >= 15 is 0 Å². The number of hydrogen-bond acceptors (Lipinski definition) is 3. The van der Waals surface area contributed by atoms with Gasteiger partial charge in [0.2, 0.25) is 0 Å². The van der Waals surface area contributed by atoms with Gasteiger partial charge in [0.05, 0.1) is 7.11 Å². The van der Waals surface area contributed by atoms with Gasteiger partial charge in [0, 0.05) is 11.1 Å². The molecule has 1 aromatic rings. The second-order valence-corrected chi connectivity index (χ2v) is 5.39. The van der Waals surface area contributed by atoms with Gasteiger partial charge in [-0.3, -0.25) is 0 Å². The second kappa shape index (κ2) is 6.29. The number of halogens is 1. The van der Waals surface area contributed by atoms with Crippen LogP contribution in [0.1, 0.15) is 53.7 Å². The van der Waals surface area contributed by atoms with E-state index in [0.717, 1.165) is 18.4 Å². The average Bonchev–Trinajstić information content (AvgIpc) is 2.84. The number of rotatable bonds is 5. The van der Waals surface area contributed by atoms with E-state index in [-0.39, 0.29) is 12.2 Å². The van der Waals surface area contributed by atoms with E-state index in [0.29, 0.717) is 23.3 Å². The molecule has 0 saturated heterocycles. The molecule has 21 heavy (non-hydrogen) atoms. The summed E-state index contributed by atoms with van der Waals surface area (Å²) in [5.41, 5.74) is 3.11. The molecule has 2 rings (SSSR count). The lowest BCUT2D eigenvalue weighted by Gasteiger charge is -2.15. The van der Waals surface area contributed by atoms with E-state index in [2.05, 4.69) is 6.92 Å². The fourth-order valence-electron chi connectivity index (χ4n) is 2.77. The van der Waals surface area contributed by atoms with Gasteiger partial charge in [0.15, 0.2) is 0 Å². The van der Waals surface area contributed by atoms with Gasteiger partial charge in [-0.05, 0) is 32.3 Å². The number of esters is 1. The normalized spacial score (nSPS) is 14.1. The second-order valence-electron chi connectivity index (χ2n) is 5.39. The van der Waals surface area contributed by atoms with Crippen molar-refractivity contribution < 1.29 is 18.7 Å². The molecule has 0 N–H and O–H groups in total. The van der Waals surface area contributed by atoms with Crippen LogP contribution in [0, 0.1) is 12.7 Å². The molecule has 0 saturated carbocycles. The van der Waals surface area contributed by atoms with Gasteiger partial charge in [0.25, 0.3) is 0 Å². The summed E-state index contributed by atoms with van der Waals surface area (Å²) in [6, 6.07) is 0. The Kier molecular flexibility index (Phi) is 4.66. The fraction of sp³-hybridized carbons (Fsp3) is 0.471. The van der Waals surface area contributed by atoms with Crippen molar-refractivity contribution in [2.24, 2.45) is 0 Å². The summed E-state index contributed by atoms with van der Waals surface area (Å²) < 4.78 is 25.0. The van der Waals surface area contributed by atoms with Crippen LogP contribution in [0.5, 0.6) is 5.75 Å². The standard InChI is InChI=1S/C17H21FO3/c1-5-6-10(2)7-8-12-15(18)14-13(9-21-17(14)19)11(3)16(12)20-4/h7H,5-6,8-9H2,1-4H3/b10-7+. The van der Waals surface area contributed by atoms with Crippen LogP contribution in [0.4, 0.5) is 4.39 Å². The first-order chi connectivity index (χ1) is 10.0. The van der Waals surface area contributed by atoms with Gasteiger partial charge in [-0.15, -0.1) is 0 Å². The van der Waals surface area contributed by atoms with Gasteiger partial charge in [-0.1, -0.05) is 25.0 Å². The van der Waals surface area contributed by atoms with Crippen molar-refractivity contribution in [2.75, 3.05) is 7.11 Å². The maximum atomic E-state index is 14.7. The summed E-state index contributed by atoms with van der Waals surface area (Å²) in [4.78, 5) is 11.7. The van der Waals surface area contributed by atoms with E-state index < -0.39 is 11.8 Å². The Bertz CT molecular complexity index is 603. The van der Waals surface area contributed by atoms with Crippen LogP contribution >= 0.6 is 0 Å². The topological polar surface area (TPSA) is 35.5 Å². The molecule has 0 radical (unpaired) electrons. The molecule has 4 heteroatoms. The lowest BCUT2D eigenvalue weighted by atomic mass is 9.95. The minimum atomic E-state index is -0.580. The third-order valence-corrected chi connectivity index (χ3v) is 3.91. The zero-order chi connectivity index (χ0) is 15.6. The number of methoxy groups -OCH3 is 1. The van der Waals surface area contributed by atoms with Gasteiger partial charge < -0.3 is 9.47 Å². The largest absolute Gasteiger partial charge is 0.496 e. The van der Waals surface area contributed by atoms with Crippen LogP contribution < -0.4 is 4.74 Å². The highest BCUT2D eigenvalue weighted by Gasteiger charge is 2.32. The number of allylic oxidation sites excluding steroid dienone is 2. The minimum absolute atomic E-state index is 0.0739. The van der Waals surface area contributed by atoms with Crippen LogP contribution in [0.25, 0.3) is 0 Å². The first-order valence-electron chi connectivity index (χ1n) is 7.21. The highest BCUT2D eigenvalue weighted by Crippen LogP contribution is 2.37. The van der Waals surface area contributed by atoms with Gasteiger partial charge in [0.1, 0.15) is 23.7 Å². The molecule has 1 aliphatic rings. The Labute approximate surface area is 124 Å². The molecule has 1 aliphatic heterocycles. The van der Waals surface area contributed by atoms with Crippen LogP contribution in [0.2, 0.25) is 0 Å². The summed E-state index contributed by atoms with van der Waals surface area (Å²) in [6.45, 7) is 6.10. The Balaban J connectivity index is 2.50. The SMILES string of the molecule is CCC/C(C)=C/Cc1c(F)c2c(c(C)c1OC)COC2=O. The van der Waals surface area contributed by atoms with Gasteiger partial charge in [-0.25, -0.2) is 9.18 Å². The molecular weight excluding hydrogens is 271 g/mol. The zero-order valence-electron chi connectivity index (χ0n) is 13.0. The number of carbonyl (C=O) groups excluding carboxylic acids is 1. The molecule has 0 bridgehead atoms. The van der Waals surface area contributed by atoms with E-state index in [4.69, 9.17) is 9.47 Å². The lowest BCUT2D eigenvalue weighted by molar-refractivity contribution is 0.0531. The highest BCUT2D eigenvalue weighted by atomic mass is 19.1. The van der Waals surface area contributed by atoms with Gasteiger partial charge >= 0.3 is 5.97 Å². The molecular formula is C17H21FO3. The molecule has 1 heterocycles. The van der Waals surface area contributed by atoms with Crippen LogP contribution in [-0.4, -0.2) is 13.1 Å². The summed E-state index contributed by atoms with van der Waals surface area (Å²) in [5, 5.41) is 0. The number of carbonyl (C=O) groups is 1. The number of benzene rings is 1. The zero-order valence-corrected chi connectivity index (χ0v) is 13.0. The molecule has 0 atom stereocenters. The van der Waals surface area contributed by atoms with Crippen molar-refractivity contribution in [1.29, 1.82) is 0 Å². The molecule has 0 amide bonds. The molecule has 1 aromatic carbocycles. The maximum Gasteiger partial charge on any atom is 0.341 e. The Morgan fingerprint density at radius 3 is 2.81 bits per heavy atom. The van der Waals surface area contributed by atoms with E-state index in [9.17, 15) is 9.18 Å². The summed E-state index contributed by atoms with van der Waals surface area (Å²) in [6.07, 6.45) is 4.45. The van der Waals surface area contributed by atoms with E-state index in [1.807, 2.05) is 19.9 Å². The average molecular weight is 292 g/mol. The van der Waals surface area contributed by atoms with Gasteiger partial charge in [-0.2, -0.15) is 0 Å². The Morgan fingerprint density at radius 1 is 1.48 bits per heavy atom. The maximum absolute atomic E-state index is 14.7. The smallest absolute Gasteiger partial charge is 0.341 e. The third-order valence-electron chi connectivity index (χ3n) is 3.91. The van der Waals surface area contributed by atoms with Crippen LogP contribution in [0.15, 0.2) is 11.6 Å². The monoisotopic (exact) mass is 292 g/mol. The van der Waals surface area contributed by atoms with Crippen molar-refractivity contribution in [3.63, 3.8) is 0 Å². The Morgan fingerprint density at radius 2 is 2.19 bits per heavy atom. The summed E-state index contributed by atoms with van der Waals surface area (Å²) in [5.74, 6) is -0.565. The highest BCUT2D eigenvalue weighted by molar-refractivity contribution is 5.95. The fourth-order valence-corrected chi connectivity index (χ4v) is 2.77. The molecule has 114 valence electrons. The number of ether oxygens (including phenoxy) is 2. The third kappa shape index (κ3) is 2.80. The van der Waals surface area contributed by atoms with Crippen LogP contribution in [0.3, 0.4) is 0 Å². The Hall–Kier alpha value is -1.84. The summed E-state index contributed by atoms with van der Waals surface area (Å²) in [7, 11) is 1.53. The molecule has 3 nitrogen and oxygen atoms in total. The van der Waals surface area contributed by atoms with Crippen molar-refractivity contribution in [3.05, 3.63) is 39.7 Å². The lowest BCUT2D eigenvalue weighted by Crippen LogP contribution is -2.07. The van der Waals surface area contributed by atoms with Crippen molar-refractivity contribution in [3.8, 4) is 5.75 Å². The predicted octanol–water partition coefficient (Wildman–Crippen LogP) is 4.10. The first-order valence-corrected chi connectivity index (χ1v) is 7.21. The van der Waals surface area contributed by atoms with Crippen molar-refractivity contribution in [2.45, 2.75) is 46.6 Å². The number of hydrogen-bond donors (Lipinski definition) is 0. The molecule has 0 aromatic heterocycles. The molecule has 0 aliphatic carbocycles. The van der Waals surface area contributed by atoms with Crippen molar-refractivity contribution in [1.82, 2.24) is 0 Å². The molecule has 0 unspecified atom stereocenters. The molecule has 0 fully saturated rings. The predicted molar refractivity (Wildman–Crippen MR) is 79.2 cm³/mol.